The van der Waals surface area contributed by atoms with E-state index in [1.54, 1.807) is 0 Å². The molecule has 0 atom stereocenters. The molecule has 0 aliphatic rings. The lowest BCUT2D eigenvalue weighted by atomic mass is 10.1. The van der Waals surface area contributed by atoms with Crippen molar-refractivity contribution in [2.24, 2.45) is 5.73 Å². The largest absolute Gasteiger partial charge is 0.384 e. The van der Waals surface area contributed by atoms with Crippen molar-refractivity contribution in [1.29, 1.82) is 5.41 Å². The van der Waals surface area contributed by atoms with E-state index in [1.165, 1.54) is 0 Å². The fraction of sp³-hybridized carbons (Fsp3) is 0.294. The second kappa shape index (κ2) is 6.99. The molecular formula is C17H22N4. The molecule has 0 saturated heterocycles. The van der Waals surface area contributed by atoms with Crippen LogP contribution in [0.15, 0.2) is 42.5 Å². The normalized spacial score (nSPS) is 10.8. The molecule has 4 nitrogen and oxygen atoms in total. The number of amidine groups is 1. The minimum atomic E-state index is 0.121. The summed E-state index contributed by atoms with van der Waals surface area (Å²) in [5.74, 6) is 0.121. The fourth-order valence-electron chi connectivity index (χ4n) is 2.36. The van der Waals surface area contributed by atoms with Gasteiger partial charge in [-0.1, -0.05) is 37.3 Å². The minimum absolute atomic E-state index is 0.121. The van der Waals surface area contributed by atoms with E-state index in [4.69, 9.17) is 11.1 Å². The molecule has 0 unspecified atom stereocenters. The standard InChI is InChI=1S/C17H22N4/c1-3-21(12-15-9-6-7-13(2)20-15)11-14-8-4-5-10-16(14)17(18)19/h4-10H,3,11-12H2,1-2H3,(H3,18,19). The van der Waals surface area contributed by atoms with Gasteiger partial charge in [0.15, 0.2) is 0 Å². The molecule has 0 aliphatic carbocycles. The van der Waals surface area contributed by atoms with E-state index in [9.17, 15) is 0 Å². The maximum Gasteiger partial charge on any atom is 0.123 e. The Morgan fingerprint density at radius 3 is 2.57 bits per heavy atom. The predicted octanol–water partition coefficient (Wildman–Crippen LogP) is 2.70. The monoisotopic (exact) mass is 282 g/mol. The van der Waals surface area contributed by atoms with Crippen LogP contribution in [0.25, 0.3) is 0 Å². The van der Waals surface area contributed by atoms with Crippen LogP contribution in [0.1, 0.15) is 29.4 Å². The number of nitrogens with one attached hydrogen (secondary N) is 1. The van der Waals surface area contributed by atoms with Crippen LogP contribution in [0.2, 0.25) is 0 Å². The van der Waals surface area contributed by atoms with Crippen molar-refractivity contribution >= 4 is 5.84 Å². The second-order valence-electron chi connectivity index (χ2n) is 5.14. The smallest absolute Gasteiger partial charge is 0.123 e. The zero-order chi connectivity index (χ0) is 15.2. The van der Waals surface area contributed by atoms with E-state index in [2.05, 4.69) is 16.8 Å². The summed E-state index contributed by atoms with van der Waals surface area (Å²) in [4.78, 5) is 6.85. The fourth-order valence-corrected chi connectivity index (χ4v) is 2.36. The highest BCUT2D eigenvalue weighted by molar-refractivity contribution is 5.96. The van der Waals surface area contributed by atoms with Gasteiger partial charge in [-0.3, -0.25) is 15.3 Å². The molecule has 2 rings (SSSR count). The maximum atomic E-state index is 7.67. The van der Waals surface area contributed by atoms with Crippen LogP contribution >= 0.6 is 0 Å². The second-order valence-corrected chi connectivity index (χ2v) is 5.14. The Hall–Kier alpha value is -2.20. The molecular weight excluding hydrogens is 260 g/mol. The van der Waals surface area contributed by atoms with Crippen LogP contribution in [0.4, 0.5) is 0 Å². The molecule has 0 radical (unpaired) electrons. The van der Waals surface area contributed by atoms with E-state index in [1.807, 2.05) is 49.4 Å². The molecule has 110 valence electrons. The first-order chi connectivity index (χ1) is 10.1. The van der Waals surface area contributed by atoms with Crippen molar-refractivity contribution in [2.45, 2.75) is 26.9 Å². The molecule has 21 heavy (non-hydrogen) atoms. The zero-order valence-electron chi connectivity index (χ0n) is 12.6. The first-order valence-electron chi connectivity index (χ1n) is 7.17. The number of hydrogen-bond donors (Lipinski definition) is 2. The topological polar surface area (TPSA) is 66.0 Å². The van der Waals surface area contributed by atoms with Crippen molar-refractivity contribution in [3.05, 3.63) is 65.0 Å². The maximum absolute atomic E-state index is 7.67. The average Bonchev–Trinajstić information content (AvgIpc) is 2.47. The van der Waals surface area contributed by atoms with Crippen LogP contribution in [-0.2, 0) is 13.1 Å². The molecule has 0 saturated carbocycles. The third kappa shape index (κ3) is 4.13. The number of aromatic nitrogens is 1. The lowest BCUT2D eigenvalue weighted by Crippen LogP contribution is -2.25. The van der Waals surface area contributed by atoms with Gasteiger partial charge in [0.1, 0.15) is 5.84 Å². The Bertz CT molecular complexity index is 622. The van der Waals surface area contributed by atoms with Crippen molar-refractivity contribution in [3.63, 3.8) is 0 Å². The minimum Gasteiger partial charge on any atom is -0.384 e. The van der Waals surface area contributed by atoms with E-state index >= 15 is 0 Å². The van der Waals surface area contributed by atoms with Gasteiger partial charge in [0.2, 0.25) is 0 Å². The lowest BCUT2D eigenvalue weighted by Gasteiger charge is -2.21. The molecule has 0 spiro atoms. The number of benzene rings is 1. The SMILES string of the molecule is CCN(Cc1cccc(C)n1)Cc1ccccc1C(=N)N. The summed E-state index contributed by atoms with van der Waals surface area (Å²) < 4.78 is 0. The van der Waals surface area contributed by atoms with Crippen molar-refractivity contribution < 1.29 is 0 Å². The molecule has 0 amide bonds. The Morgan fingerprint density at radius 1 is 1.14 bits per heavy atom. The summed E-state index contributed by atoms with van der Waals surface area (Å²) in [6.45, 7) is 6.62. The van der Waals surface area contributed by atoms with Gasteiger partial charge >= 0.3 is 0 Å². The van der Waals surface area contributed by atoms with E-state index in [0.717, 1.165) is 42.1 Å². The lowest BCUT2D eigenvalue weighted by molar-refractivity contribution is 0.268. The van der Waals surface area contributed by atoms with Gasteiger partial charge in [0, 0.05) is 24.3 Å². The third-order valence-corrected chi connectivity index (χ3v) is 3.48. The molecule has 3 N–H and O–H groups in total. The number of nitrogens with two attached hydrogens (primary N) is 1. The summed E-state index contributed by atoms with van der Waals surface area (Å²) in [5.41, 5.74) is 9.65. The zero-order valence-corrected chi connectivity index (χ0v) is 12.6. The number of aryl methyl sites for hydroxylation is 1. The molecule has 2 aromatic rings. The van der Waals surface area contributed by atoms with Crippen LogP contribution < -0.4 is 5.73 Å². The van der Waals surface area contributed by atoms with Crippen molar-refractivity contribution in [2.75, 3.05) is 6.54 Å². The van der Waals surface area contributed by atoms with Gasteiger partial charge in [-0.15, -0.1) is 0 Å². The highest BCUT2D eigenvalue weighted by Crippen LogP contribution is 2.13. The number of nitrogens with zero attached hydrogens (tertiary/aromatic N) is 2. The highest BCUT2D eigenvalue weighted by Gasteiger charge is 2.10. The van der Waals surface area contributed by atoms with E-state index in [-0.39, 0.29) is 5.84 Å². The van der Waals surface area contributed by atoms with Gasteiger partial charge in [0.05, 0.1) is 5.69 Å². The molecule has 1 aromatic carbocycles. The van der Waals surface area contributed by atoms with Gasteiger partial charge < -0.3 is 5.73 Å². The molecule has 1 heterocycles. The van der Waals surface area contributed by atoms with Crippen LogP contribution in [0.5, 0.6) is 0 Å². The predicted molar refractivity (Wildman–Crippen MR) is 86.2 cm³/mol. The summed E-state index contributed by atoms with van der Waals surface area (Å²) in [5, 5.41) is 7.67. The third-order valence-electron chi connectivity index (χ3n) is 3.48. The quantitative estimate of drug-likeness (QED) is 0.632. The Morgan fingerprint density at radius 2 is 1.90 bits per heavy atom. The summed E-state index contributed by atoms with van der Waals surface area (Å²) in [6.07, 6.45) is 0. The van der Waals surface area contributed by atoms with Gasteiger partial charge in [0.25, 0.3) is 0 Å². The van der Waals surface area contributed by atoms with Crippen LogP contribution in [0.3, 0.4) is 0 Å². The molecule has 0 aliphatic heterocycles. The summed E-state index contributed by atoms with van der Waals surface area (Å²) >= 11 is 0. The van der Waals surface area contributed by atoms with Crippen LogP contribution in [-0.4, -0.2) is 22.3 Å². The van der Waals surface area contributed by atoms with Crippen LogP contribution in [0, 0.1) is 12.3 Å². The average molecular weight is 282 g/mol. The highest BCUT2D eigenvalue weighted by atomic mass is 15.1. The van der Waals surface area contributed by atoms with E-state index in [0.29, 0.717) is 0 Å². The Balaban J connectivity index is 2.14. The Kier molecular flexibility index (Phi) is 5.06. The Labute approximate surface area is 126 Å². The van der Waals surface area contributed by atoms with Gasteiger partial charge in [-0.2, -0.15) is 0 Å². The number of rotatable bonds is 6. The van der Waals surface area contributed by atoms with Crippen molar-refractivity contribution in [1.82, 2.24) is 9.88 Å². The molecule has 4 heteroatoms. The van der Waals surface area contributed by atoms with Gasteiger partial charge in [-0.05, 0) is 31.2 Å². The first-order valence-corrected chi connectivity index (χ1v) is 7.17. The molecule has 0 fully saturated rings. The van der Waals surface area contributed by atoms with E-state index < -0.39 is 0 Å². The summed E-state index contributed by atoms with van der Waals surface area (Å²) in [7, 11) is 0. The first kappa shape index (κ1) is 15.2. The van der Waals surface area contributed by atoms with Crippen molar-refractivity contribution in [3.8, 4) is 0 Å². The number of hydrogen-bond acceptors (Lipinski definition) is 3. The van der Waals surface area contributed by atoms with Gasteiger partial charge in [-0.25, -0.2) is 0 Å². The number of nitrogen functional groups attached to an aromatic ring is 1. The molecule has 1 aromatic heterocycles. The summed E-state index contributed by atoms with van der Waals surface area (Å²) in [6, 6.07) is 13.9. The number of pyridine rings is 1. The molecule has 0 bridgehead atoms.